The van der Waals surface area contributed by atoms with Gasteiger partial charge in [-0.25, -0.2) is 0 Å². The van der Waals surface area contributed by atoms with Crippen molar-refractivity contribution in [3.63, 3.8) is 0 Å². The molecule has 0 atom stereocenters. The molecular weight excluding hydrogens is 233 g/mol. The van der Waals surface area contributed by atoms with E-state index in [-0.39, 0.29) is 34.5 Å². The Bertz CT molecular complexity index is 419. The molecule has 1 rings (SSSR count). The standard InChI is InChI=1S/C7H9NO3S2.Na/c1-11-13(9,10)5-2-3-7(12)6(8)4-5;/h2-4,12H,8H2,1H3;/q;+1. The summed E-state index contributed by atoms with van der Waals surface area (Å²) in [5, 5.41) is 0. The molecule has 0 aliphatic rings. The average Bonchev–Trinajstić information content (AvgIpc) is 2.09. The molecule has 0 heterocycles. The summed E-state index contributed by atoms with van der Waals surface area (Å²) in [6, 6.07) is 4.20. The van der Waals surface area contributed by atoms with E-state index in [0.717, 1.165) is 7.11 Å². The molecule has 0 aromatic heterocycles. The Balaban J connectivity index is 0.00000169. The van der Waals surface area contributed by atoms with Crippen LogP contribution in [0.25, 0.3) is 0 Å². The zero-order chi connectivity index (χ0) is 10.1. The van der Waals surface area contributed by atoms with E-state index in [9.17, 15) is 8.42 Å². The van der Waals surface area contributed by atoms with Crippen molar-refractivity contribution in [1.29, 1.82) is 0 Å². The van der Waals surface area contributed by atoms with Gasteiger partial charge in [0.25, 0.3) is 10.1 Å². The second kappa shape index (κ2) is 5.39. The van der Waals surface area contributed by atoms with E-state index < -0.39 is 10.1 Å². The van der Waals surface area contributed by atoms with E-state index in [1.165, 1.54) is 18.2 Å². The summed E-state index contributed by atoms with van der Waals surface area (Å²) in [6.45, 7) is 0. The van der Waals surface area contributed by atoms with E-state index in [4.69, 9.17) is 5.73 Å². The van der Waals surface area contributed by atoms with E-state index in [2.05, 4.69) is 16.8 Å². The van der Waals surface area contributed by atoms with Gasteiger partial charge in [-0.1, -0.05) is 0 Å². The van der Waals surface area contributed by atoms with Crippen molar-refractivity contribution in [3.05, 3.63) is 18.2 Å². The fraction of sp³-hybridized carbons (Fsp3) is 0.143. The van der Waals surface area contributed by atoms with Crippen LogP contribution in [-0.2, 0) is 14.3 Å². The molecule has 0 saturated heterocycles. The molecule has 0 spiro atoms. The number of anilines is 1. The van der Waals surface area contributed by atoms with Gasteiger partial charge in [-0.05, 0) is 18.2 Å². The van der Waals surface area contributed by atoms with E-state index >= 15 is 0 Å². The maximum Gasteiger partial charge on any atom is 1.00 e. The zero-order valence-corrected chi connectivity index (χ0v) is 11.6. The second-order valence-electron chi connectivity index (χ2n) is 2.34. The van der Waals surface area contributed by atoms with Gasteiger partial charge < -0.3 is 5.73 Å². The van der Waals surface area contributed by atoms with Crippen LogP contribution < -0.4 is 35.3 Å². The Morgan fingerprint density at radius 2 is 2.00 bits per heavy atom. The summed E-state index contributed by atoms with van der Waals surface area (Å²) in [7, 11) is -2.55. The number of benzene rings is 1. The number of nitrogen functional groups attached to an aromatic ring is 1. The molecule has 0 aliphatic carbocycles. The summed E-state index contributed by atoms with van der Waals surface area (Å²) < 4.78 is 26.6. The van der Waals surface area contributed by atoms with Crippen molar-refractivity contribution in [2.75, 3.05) is 12.8 Å². The molecule has 1 aromatic carbocycles. The summed E-state index contributed by atoms with van der Waals surface area (Å²) in [4.78, 5) is 0.570. The third-order valence-electron chi connectivity index (χ3n) is 1.51. The Kier molecular flexibility index (Phi) is 5.50. The molecule has 0 saturated carbocycles. The van der Waals surface area contributed by atoms with Crippen LogP contribution in [0.4, 0.5) is 5.69 Å². The van der Waals surface area contributed by atoms with Gasteiger partial charge in [0.05, 0.1) is 12.0 Å². The molecule has 0 amide bonds. The number of hydrogen-bond donors (Lipinski definition) is 2. The first-order valence-corrected chi connectivity index (χ1v) is 5.22. The van der Waals surface area contributed by atoms with Crippen LogP contribution in [0.2, 0.25) is 0 Å². The molecule has 7 heteroatoms. The molecule has 4 nitrogen and oxygen atoms in total. The largest absolute Gasteiger partial charge is 1.00 e. The fourth-order valence-corrected chi connectivity index (χ4v) is 1.62. The zero-order valence-electron chi connectivity index (χ0n) is 7.89. The first-order chi connectivity index (χ1) is 5.97. The molecular formula is C7H9NNaO3S2+. The van der Waals surface area contributed by atoms with Gasteiger partial charge >= 0.3 is 29.6 Å². The maximum absolute atomic E-state index is 11.2. The predicted molar refractivity (Wildman–Crippen MR) is 52.3 cm³/mol. The Morgan fingerprint density at radius 3 is 2.43 bits per heavy atom. The van der Waals surface area contributed by atoms with Crippen LogP contribution >= 0.6 is 12.6 Å². The minimum atomic E-state index is -3.65. The van der Waals surface area contributed by atoms with Crippen molar-refractivity contribution in [1.82, 2.24) is 0 Å². The summed E-state index contributed by atoms with van der Waals surface area (Å²) in [6.07, 6.45) is 0. The van der Waals surface area contributed by atoms with Crippen LogP contribution in [0.1, 0.15) is 0 Å². The third-order valence-corrected chi connectivity index (χ3v) is 3.18. The van der Waals surface area contributed by atoms with E-state index in [1.54, 1.807) is 0 Å². The Hall–Kier alpha value is 0.280. The number of hydrogen-bond acceptors (Lipinski definition) is 5. The van der Waals surface area contributed by atoms with Crippen molar-refractivity contribution in [2.45, 2.75) is 9.79 Å². The molecule has 2 N–H and O–H groups in total. The SMILES string of the molecule is COS(=O)(=O)c1ccc(S)c(N)c1.[Na+]. The molecule has 0 fully saturated rings. The van der Waals surface area contributed by atoms with Gasteiger partial charge in [0, 0.05) is 10.6 Å². The van der Waals surface area contributed by atoms with E-state index in [0.29, 0.717) is 10.6 Å². The van der Waals surface area contributed by atoms with Gasteiger partial charge in [-0.3, -0.25) is 4.18 Å². The van der Waals surface area contributed by atoms with E-state index in [1.807, 2.05) is 0 Å². The average molecular weight is 242 g/mol. The molecule has 0 unspecified atom stereocenters. The van der Waals surface area contributed by atoms with Crippen molar-refractivity contribution < 1.29 is 42.2 Å². The fourth-order valence-electron chi connectivity index (χ4n) is 0.784. The second-order valence-corrected chi connectivity index (χ2v) is 4.54. The summed E-state index contributed by atoms with van der Waals surface area (Å²) in [5.41, 5.74) is 5.78. The van der Waals surface area contributed by atoms with Gasteiger partial charge in [0.1, 0.15) is 0 Å². The topological polar surface area (TPSA) is 69.4 Å². The molecule has 0 radical (unpaired) electrons. The number of thiol groups is 1. The summed E-state index contributed by atoms with van der Waals surface area (Å²) in [5.74, 6) is 0. The van der Waals surface area contributed by atoms with Crippen molar-refractivity contribution in [2.24, 2.45) is 0 Å². The minimum Gasteiger partial charge on any atom is -0.398 e. The van der Waals surface area contributed by atoms with Crippen molar-refractivity contribution in [3.8, 4) is 0 Å². The van der Waals surface area contributed by atoms with Gasteiger partial charge in [-0.2, -0.15) is 8.42 Å². The smallest absolute Gasteiger partial charge is 0.398 e. The first kappa shape index (κ1) is 14.3. The van der Waals surface area contributed by atoms with Crippen LogP contribution in [0, 0.1) is 0 Å². The van der Waals surface area contributed by atoms with Gasteiger partial charge in [-0.15, -0.1) is 12.6 Å². The Morgan fingerprint density at radius 1 is 1.43 bits per heavy atom. The normalized spacial score (nSPS) is 10.7. The molecule has 72 valence electrons. The van der Waals surface area contributed by atoms with Gasteiger partial charge in [0.15, 0.2) is 0 Å². The molecule has 1 aromatic rings. The first-order valence-electron chi connectivity index (χ1n) is 3.36. The van der Waals surface area contributed by atoms with Crippen LogP contribution in [0.3, 0.4) is 0 Å². The number of nitrogens with two attached hydrogens (primary N) is 1. The predicted octanol–water partition coefficient (Wildman–Crippen LogP) is -2.10. The minimum absolute atomic E-state index is 0. The summed E-state index contributed by atoms with van der Waals surface area (Å²) >= 11 is 4.01. The quantitative estimate of drug-likeness (QED) is 0.270. The van der Waals surface area contributed by atoms with Crippen LogP contribution in [-0.4, -0.2) is 15.5 Å². The Labute approximate surface area is 111 Å². The van der Waals surface area contributed by atoms with Crippen molar-refractivity contribution >= 4 is 28.4 Å². The van der Waals surface area contributed by atoms with Crippen LogP contribution in [0.15, 0.2) is 28.0 Å². The number of rotatable bonds is 2. The van der Waals surface area contributed by atoms with Crippen LogP contribution in [0.5, 0.6) is 0 Å². The third kappa shape index (κ3) is 3.15. The molecule has 14 heavy (non-hydrogen) atoms. The monoisotopic (exact) mass is 242 g/mol. The van der Waals surface area contributed by atoms with Gasteiger partial charge in [0.2, 0.25) is 0 Å². The molecule has 0 bridgehead atoms. The molecule has 0 aliphatic heterocycles. The maximum atomic E-state index is 11.2.